The van der Waals surface area contributed by atoms with Gasteiger partial charge in [0.15, 0.2) is 0 Å². The molecule has 0 bridgehead atoms. The molecule has 5 heteroatoms. The number of carbonyl (C=O) groups excluding carboxylic acids is 2. The highest BCUT2D eigenvalue weighted by molar-refractivity contribution is 5.87. The van der Waals surface area contributed by atoms with Gasteiger partial charge < -0.3 is 15.0 Å². The van der Waals surface area contributed by atoms with Gasteiger partial charge in [-0.3, -0.25) is 9.59 Å². The second-order valence-corrected chi connectivity index (χ2v) is 7.03. The maximum Gasteiger partial charge on any atom is 0.242 e. The topological polar surface area (TPSA) is 58.6 Å². The molecule has 2 amide bonds. The largest absolute Gasteiger partial charge is 0.494 e. The molecule has 2 aromatic carbocycles. The SMILES string of the molecule is CCNC(=O)[C@H](CC)N(Cc1ccccc1C)C(=O)CCCOc1ccccc1. The van der Waals surface area contributed by atoms with E-state index < -0.39 is 6.04 Å². The third-order valence-electron chi connectivity index (χ3n) is 4.89. The van der Waals surface area contributed by atoms with Crippen LogP contribution in [0.2, 0.25) is 0 Å². The van der Waals surface area contributed by atoms with Crippen LogP contribution in [0.5, 0.6) is 5.75 Å². The number of likely N-dealkylation sites (N-methyl/N-ethyl adjacent to an activating group) is 1. The standard InChI is InChI=1S/C24H32N2O3/c1-4-22(24(28)25-5-2)26(18-20-13-10-9-12-19(20)3)23(27)16-11-17-29-21-14-7-6-8-15-21/h6-10,12-15,22H,4-5,11,16-18H2,1-3H3,(H,25,28)/t22-/m0/s1. The summed E-state index contributed by atoms with van der Waals surface area (Å²) < 4.78 is 5.70. The first-order valence-electron chi connectivity index (χ1n) is 10.4. The molecule has 0 fully saturated rings. The zero-order valence-corrected chi connectivity index (χ0v) is 17.7. The van der Waals surface area contributed by atoms with Crippen LogP contribution in [0.1, 0.15) is 44.2 Å². The molecule has 29 heavy (non-hydrogen) atoms. The number of hydrogen-bond donors (Lipinski definition) is 1. The van der Waals surface area contributed by atoms with Gasteiger partial charge in [-0.25, -0.2) is 0 Å². The number of rotatable bonds is 11. The lowest BCUT2D eigenvalue weighted by Crippen LogP contribution is -2.49. The van der Waals surface area contributed by atoms with Gasteiger partial charge in [-0.2, -0.15) is 0 Å². The minimum atomic E-state index is -0.475. The lowest BCUT2D eigenvalue weighted by molar-refractivity contribution is -0.141. The van der Waals surface area contributed by atoms with Crippen LogP contribution in [0.3, 0.4) is 0 Å². The fraction of sp³-hybridized carbons (Fsp3) is 0.417. The molecule has 2 aromatic rings. The van der Waals surface area contributed by atoms with Crippen LogP contribution in [-0.4, -0.2) is 35.9 Å². The van der Waals surface area contributed by atoms with Gasteiger partial charge in [0.2, 0.25) is 11.8 Å². The van der Waals surface area contributed by atoms with E-state index >= 15 is 0 Å². The molecule has 0 heterocycles. The van der Waals surface area contributed by atoms with Gasteiger partial charge >= 0.3 is 0 Å². The summed E-state index contributed by atoms with van der Waals surface area (Å²) in [4.78, 5) is 27.4. The monoisotopic (exact) mass is 396 g/mol. The molecule has 1 atom stereocenters. The van der Waals surface area contributed by atoms with E-state index in [0.29, 0.717) is 39.0 Å². The maximum absolute atomic E-state index is 13.1. The Morgan fingerprint density at radius 1 is 1.03 bits per heavy atom. The third kappa shape index (κ3) is 6.93. The minimum Gasteiger partial charge on any atom is -0.494 e. The van der Waals surface area contributed by atoms with E-state index in [0.717, 1.165) is 16.9 Å². The van der Waals surface area contributed by atoms with Gasteiger partial charge in [0.25, 0.3) is 0 Å². The van der Waals surface area contributed by atoms with Crippen molar-refractivity contribution in [2.24, 2.45) is 0 Å². The highest BCUT2D eigenvalue weighted by atomic mass is 16.5. The first-order chi connectivity index (χ1) is 14.1. The molecule has 0 aromatic heterocycles. The van der Waals surface area contributed by atoms with Crippen LogP contribution in [0.25, 0.3) is 0 Å². The summed E-state index contributed by atoms with van der Waals surface area (Å²) in [6.07, 6.45) is 1.52. The fourth-order valence-corrected chi connectivity index (χ4v) is 3.26. The fourth-order valence-electron chi connectivity index (χ4n) is 3.26. The smallest absolute Gasteiger partial charge is 0.242 e. The molecule has 1 N–H and O–H groups in total. The van der Waals surface area contributed by atoms with Crippen LogP contribution in [0.4, 0.5) is 0 Å². The number of aryl methyl sites for hydroxylation is 1. The quantitative estimate of drug-likeness (QED) is 0.582. The summed E-state index contributed by atoms with van der Waals surface area (Å²) in [7, 11) is 0. The molecule has 0 unspecified atom stereocenters. The Hall–Kier alpha value is -2.82. The molecular formula is C24H32N2O3. The number of nitrogens with one attached hydrogen (secondary N) is 1. The van der Waals surface area contributed by atoms with E-state index in [1.165, 1.54) is 0 Å². The zero-order chi connectivity index (χ0) is 21.1. The molecule has 0 aliphatic carbocycles. The van der Waals surface area contributed by atoms with Crippen molar-refractivity contribution in [2.75, 3.05) is 13.2 Å². The Kier molecular flexibility index (Phi) is 9.22. The predicted octanol–water partition coefficient (Wildman–Crippen LogP) is 4.10. The third-order valence-corrected chi connectivity index (χ3v) is 4.89. The zero-order valence-electron chi connectivity index (χ0n) is 17.7. The van der Waals surface area contributed by atoms with Gasteiger partial charge in [0, 0.05) is 19.5 Å². The van der Waals surface area contributed by atoms with Crippen LogP contribution in [0.15, 0.2) is 54.6 Å². The summed E-state index contributed by atoms with van der Waals surface area (Å²) in [6.45, 7) is 7.30. The van der Waals surface area contributed by atoms with Gasteiger partial charge in [0.1, 0.15) is 11.8 Å². The first-order valence-corrected chi connectivity index (χ1v) is 10.4. The van der Waals surface area contributed by atoms with E-state index in [1.54, 1.807) is 4.90 Å². The van der Waals surface area contributed by atoms with Crippen molar-refractivity contribution in [2.45, 2.75) is 52.6 Å². The van der Waals surface area contributed by atoms with Gasteiger partial charge in [-0.05, 0) is 49.9 Å². The predicted molar refractivity (Wildman–Crippen MR) is 116 cm³/mol. The van der Waals surface area contributed by atoms with Crippen LogP contribution in [-0.2, 0) is 16.1 Å². The van der Waals surface area contributed by atoms with Crippen LogP contribution < -0.4 is 10.1 Å². The molecule has 0 radical (unpaired) electrons. The second-order valence-electron chi connectivity index (χ2n) is 7.03. The minimum absolute atomic E-state index is 0.0250. The highest BCUT2D eigenvalue weighted by Crippen LogP contribution is 2.17. The van der Waals surface area contributed by atoms with Crippen molar-refractivity contribution in [3.05, 3.63) is 65.7 Å². The Balaban J connectivity index is 2.05. The molecule has 0 saturated carbocycles. The highest BCUT2D eigenvalue weighted by Gasteiger charge is 2.28. The normalized spacial score (nSPS) is 11.6. The lowest BCUT2D eigenvalue weighted by Gasteiger charge is -2.31. The van der Waals surface area contributed by atoms with Crippen LogP contribution >= 0.6 is 0 Å². The van der Waals surface area contributed by atoms with Gasteiger partial charge in [-0.1, -0.05) is 49.4 Å². The number of nitrogens with zero attached hydrogens (tertiary/aromatic N) is 1. The first kappa shape index (κ1) is 22.5. The maximum atomic E-state index is 13.1. The summed E-state index contributed by atoms with van der Waals surface area (Å²) in [6, 6.07) is 17.1. The lowest BCUT2D eigenvalue weighted by atomic mass is 10.1. The summed E-state index contributed by atoms with van der Waals surface area (Å²) in [5.74, 6) is 0.672. The summed E-state index contributed by atoms with van der Waals surface area (Å²) in [5, 5.41) is 2.86. The van der Waals surface area contributed by atoms with Crippen molar-refractivity contribution < 1.29 is 14.3 Å². The van der Waals surface area contributed by atoms with Crippen molar-refractivity contribution in [3.63, 3.8) is 0 Å². The molecule has 0 aliphatic rings. The Labute approximate surface area is 174 Å². The van der Waals surface area contributed by atoms with Crippen molar-refractivity contribution in [3.8, 4) is 5.75 Å². The number of amides is 2. The Morgan fingerprint density at radius 3 is 2.38 bits per heavy atom. The molecule has 5 nitrogen and oxygen atoms in total. The number of ether oxygens (including phenoxy) is 1. The average molecular weight is 397 g/mol. The van der Waals surface area contributed by atoms with Crippen molar-refractivity contribution in [1.82, 2.24) is 10.2 Å². The number of benzene rings is 2. The molecule has 0 spiro atoms. The Bertz CT molecular complexity index is 777. The number of carbonyl (C=O) groups is 2. The number of para-hydroxylation sites is 1. The van der Waals surface area contributed by atoms with Crippen molar-refractivity contribution in [1.29, 1.82) is 0 Å². The van der Waals surface area contributed by atoms with E-state index in [-0.39, 0.29) is 11.8 Å². The van der Waals surface area contributed by atoms with E-state index in [9.17, 15) is 9.59 Å². The van der Waals surface area contributed by atoms with E-state index in [4.69, 9.17) is 4.74 Å². The summed E-state index contributed by atoms with van der Waals surface area (Å²) in [5.41, 5.74) is 2.17. The average Bonchev–Trinajstić information content (AvgIpc) is 2.73. The van der Waals surface area contributed by atoms with Crippen LogP contribution in [0, 0.1) is 6.92 Å². The molecule has 156 valence electrons. The Morgan fingerprint density at radius 2 is 1.72 bits per heavy atom. The molecular weight excluding hydrogens is 364 g/mol. The summed E-state index contributed by atoms with van der Waals surface area (Å²) >= 11 is 0. The van der Waals surface area contributed by atoms with E-state index in [2.05, 4.69) is 5.32 Å². The molecule has 0 saturated heterocycles. The number of hydrogen-bond acceptors (Lipinski definition) is 3. The van der Waals surface area contributed by atoms with Crippen molar-refractivity contribution >= 4 is 11.8 Å². The van der Waals surface area contributed by atoms with Gasteiger partial charge in [0.05, 0.1) is 6.61 Å². The molecule has 0 aliphatic heterocycles. The van der Waals surface area contributed by atoms with E-state index in [1.807, 2.05) is 75.4 Å². The molecule has 2 rings (SSSR count). The second kappa shape index (κ2) is 11.9. The van der Waals surface area contributed by atoms with Gasteiger partial charge in [-0.15, -0.1) is 0 Å².